The Morgan fingerprint density at radius 1 is 0.656 bits per heavy atom. The first-order valence-corrected chi connectivity index (χ1v) is 13.5. The molecule has 0 aliphatic carbocycles. The highest BCUT2D eigenvalue weighted by atomic mass is 32.4. The van der Waals surface area contributed by atoms with Crippen molar-refractivity contribution >= 4 is 66.3 Å². The molecule has 4 heteroatoms. The SMILES string of the molecule is Nn1c2ccc3ccccc3c2c2ccc3c(c21)-c1ccccc1P3(=S)c1ccccc1. The van der Waals surface area contributed by atoms with E-state index in [1.54, 1.807) is 0 Å². The van der Waals surface area contributed by atoms with E-state index in [-0.39, 0.29) is 0 Å². The fraction of sp³-hybridized carbons (Fsp3) is 0. The number of fused-ring (bicyclic) bond motifs is 9. The second-order valence-corrected chi connectivity index (χ2v) is 12.7. The van der Waals surface area contributed by atoms with Gasteiger partial charge in [0, 0.05) is 33.0 Å². The lowest BCUT2D eigenvalue weighted by Gasteiger charge is -2.19. The average Bonchev–Trinajstić information content (AvgIpc) is 3.30. The lowest BCUT2D eigenvalue weighted by Crippen LogP contribution is -2.20. The van der Waals surface area contributed by atoms with E-state index >= 15 is 0 Å². The zero-order valence-electron chi connectivity index (χ0n) is 17.2. The summed E-state index contributed by atoms with van der Waals surface area (Å²) in [4.78, 5) is 0. The van der Waals surface area contributed by atoms with E-state index in [0.717, 1.165) is 11.0 Å². The van der Waals surface area contributed by atoms with E-state index in [9.17, 15) is 0 Å². The minimum Gasteiger partial charge on any atom is -0.339 e. The van der Waals surface area contributed by atoms with Crippen LogP contribution >= 0.6 is 6.04 Å². The van der Waals surface area contributed by atoms with Gasteiger partial charge in [-0.2, -0.15) is 0 Å². The van der Waals surface area contributed by atoms with Crippen LogP contribution in [0.5, 0.6) is 0 Å². The maximum absolute atomic E-state index is 6.82. The molecule has 1 aromatic heterocycles. The van der Waals surface area contributed by atoms with Crippen molar-refractivity contribution in [2.24, 2.45) is 0 Å². The molecule has 0 amide bonds. The van der Waals surface area contributed by atoms with E-state index in [0.29, 0.717) is 0 Å². The van der Waals surface area contributed by atoms with Gasteiger partial charge in [0.25, 0.3) is 0 Å². The first-order chi connectivity index (χ1) is 15.7. The molecule has 0 saturated heterocycles. The minimum absolute atomic E-state index is 1.05. The molecule has 0 radical (unpaired) electrons. The predicted molar refractivity (Wildman–Crippen MR) is 142 cm³/mol. The van der Waals surface area contributed by atoms with Gasteiger partial charge in [-0.1, -0.05) is 109 Å². The van der Waals surface area contributed by atoms with Gasteiger partial charge in [-0.25, -0.2) is 0 Å². The topological polar surface area (TPSA) is 30.9 Å². The maximum Gasteiger partial charge on any atom is 0.0789 e. The molecule has 2 heterocycles. The average molecular weight is 447 g/mol. The normalized spacial score (nSPS) is 17.1. The molecule has 2 nitrogen and oxygen atoms in total. The van der Waals surface area contributed by atoms with Gasteiger partial charge in [-0.3, -0.25) is 4.68 Å². The summed E-state index contributed by atoms with van der Waals surface area (Å²) < 4.78 is 1.88. The van der Waals surface area contributed by atoms with Gasteiger partial charge in [0.1, 0.15) is 0 Å². The van der Waals surface area contributed by atoms with Crippen LogP contribution in [-0.2, 0) is 11.8 Å². The Kier molecular flexibility index (Phi) is 3.60. The monoisotopic (exact) mass is 446 g/mol. The van der Waals surface area contributed by atoms with E-state index in [1.165, 1.54) is 48.6 Å². The molecule has 152 valence electrons. The smallest absolute Gasteiger partial charge is 0.0789 e. The molecular formula is C28H19N2PS. The number of rotatable bonds is 1. The molecule has 0 fully saturated rings. The second kappa shape index (κ2) is 6.32. The highest BCUT2D eigenvalue weighted by Crippen LogP contribution is 2.54. The number of benzene rings is 5. The number of nitrogens with zero attached hydrogens (tertiary/aromatic N) is 1. The lowest BCUT2D eigenvalue weighted by molar-refractivity contribution is 1.12. The van der Waals surface area contributed by atoms with Crippen LogP contribution < -0.4 is 21.8 Å². The molecule has 0 bridgehead atoms. The predicted octanol–water partition coefficient (Wildman–Crippen LogP) is 5.40. The first-order valence-electron chi connectivity index (χ1n) is 10.7. The highest BCUT2D eigenvalue weighted by molar-refractivity contribution is 8.26. The van der Waals surface area contributed by atoms with Crippen molar-refractivity contribution in [1.82, 2.24) is 4.68 Å². The Morgan fingerprint density at radius 3 is 2.28 bits per heavy atom. The third kappa shape index (κ3) is 2.13. The molecule has 2 N–H and O–H groups in total. The molecule has 7 rings (SSSR count). The van der Waals surface area contributed by atoms with Crippen LogP contribution in [0.3, 0.4) is 0 Å². The summed E-state index contributed by atoms with van der Waals surface area (Å²) in [5.41, 5.74) is 4.54. The van der Waals surface area contributed by atoms with Crippen LogP contribution in [0.15, 0.2) is 103 Å². The Labute approximate surface area is 190 Å². The molecule has 1 unspecified atom stereocenters. The van der Waals surface area contributed by atoms with Crippen LogP contribution in [0.2, 0.25) is 0 Å². The molecule has 0 saturated carbocycles. The largest absolute Gasteiger partial charge is 0.339 e. The molecule has 1 aliphatic heterocycles. The number of nitrogens with two attached hydrogens (primary N) is 1. The summed E-state index contributed by atoms with van der Waals surface area (Å²) in [5, 5.41) is 8.58. The summed E-state index contributed by atoms with van der Waals surface area (Å²) in [5.74, 6) is 6.82. The number of aromatic nitrogens is 1. The zero-order valence-corrected chi connectivity index (χ0v) is 18.9. The Hall–Kier alpha value is -3.39. The summed E-state index contributed by atoms with van der Waals surface area (Å²) in [6, 6.07) is 34.4. The van der Waals surface area contributed by atoms with Gasteiger partial charge in [-0.05, 0) is 27.7 Å². The van der Waals surface area contributed by atoms with Crippen LogP contribution in [0, 0.1) is 0 Å². The van der Waals surface area contributed by atoms with Crippen molar-refractivity contribution in [3.63, 3.8) is 0 Å². The fourth-order valence-corrected chi connectivity index (χ4v) is 9.78. The van der Waals surface area contributed by atoms with Crippen LogP contribution in [-0.4, -0.2) is 4.68 Å². The van der Waals surface area contributed by atoms with Gasteiger partial charge >= 0.3 is 0 Å². The summed E-state index contributed by atoms with van der Waals surface area (Å²) in [7, 11) is 0. The van der Waals surface area contributed by atoms with Crippen LogP contribution in [0.1, 0.15) is 0 Å². The number of hydrogen-bond acceptors (Lipinski definition) is 2. The summed E-state index contributed by atoms with van der Waals surface area (Å²) in [6.07, 6.45) is 0. The molecule has 1 atom stereocenters. The van der Waals surface area contributed by atoms with Crippen molar-refractivity contribution < 1.29 is 0 Å². The van der Waals surface area contributed by atoms with Crippen molar-refractivity contribution in [1.29, 1.82) is 0 Å². The van der Waals surface area contributed by atoms with Gasteiger partial charge in [0.05, 0.1) is 11.0 Å². The molecule has 5 aromatic carbocycles. The van der Waals surface area contributed by atoms with E-state index in [2.05, 4.69) is 103 Å². The summed E-state index contributed by atoms with van der Waals surface area (Å²) in [6.45, 7) is 0. The van der Waals surface area contributed by atoms with Gasteiger partial charge in [0.15, 0.2) is 0 Å². The van der Waals surface area contributed by atoms with Crippen molar-refractivity contribution in [3.05, 3.63) is 103 Å². The molecule has 0 spiro atoms. The van der Waals surface area contributed by atoms with E-state index < -0.39 is 6.04 Å². The quantitative estimate of drug-likeness (QED) is 0.271. The Balaban J connectivity index is 1.70. The highest BCUT2D eigenvalue weighted by Gasteiger charge is 2.38. The molecule has 6 aromatic rings. The van der Waals surface area contributed by atoms with Gasteiger partial charge in [-0.15, -0.1) is 0 Å². The lowest BCUT2D eigenvalue weighted by atomic mass is 10.00. The van der Waals surface area contributed by atoms with Crippen molar-refractivity contribution in [2.75, 3.05) is 5.84 Å². The maximum atomic E-state index is 6.82. The second-order valence-electron chi connectivity index (χ2n) is 8.37. The fourth-order valence-electron chi connectivity index (χ4n) is 5.43. The van der Waals surface area contributed by atoms with Gasteiger partial charge < -0.3 is 5.84 Å². The number of nitrogen functional groups attached to an aromatic ring is 1. The number of hydrogen-bond donors (Lipinski definition) is 1. The van der Waals surface area contributed by atoms with Crippen LogP contribution in [0.4, 0.5) is 0 Å². The standard InChI is InChI=1S/C28H19N2PS/c29-30-23-16-14-18-8-4-5-11-20(18)26(23)22-15-17-25-27(28(22)30)21-12-6-7-13-24(21)31(25,32)19-9-2-1-3-10-19/h1-17H,29H2. The Morgan fingerprint density at radius 2 is 1.41 bits per heavy atom. The van der Waals surface area contributed by atoms with Crippen molar-refractivity contribution in [3.8, 4) is 11.1 Å². The zero-order chi connectivity index (χ0) is 21.4. The van der Waals surface area contributed by atoms with Crippen molar-refractivity contribution in [2.45, 2.75) is 0 Å². The summed E-state index contributed by atoms with van der Waals surface area (Å²) >= 11 is 6.57. The molecular weight excluding hydrogens is 427 g/mol. The third-order valence-corrected chi connectivity index (χ3v) is 11.8. The van der Waals surface area contributed by atoms with E-state index in [4.69, 9.17) is 17.6 Å². The van der Waals surface area contributed by atoms with E-state index in [1.807, 2.05) is 4.68 Å². The first kappa shape index (κ1) is 18.2. The van der Waals surface area contributed by atoms with Gasteiger partial charge in [0.2, 0.25) is 0 Å². The third-order valence-electron chi connectivity index (χ3n) is 6.80. The Bertz CT molecular complexity index is 1770. The van der Waals surface area contributed by atoms with Crippen LogP contribution in [0.25, 0.3) is 43.7 Å². The minimum atomic E-state index is -2.15. The molecule has 1 aliphatic rings. The molecule has 32 heavy (non-hydrogen) atoms.